The van der Waals surface area contributed by atoms with Crippen molar-refractivity contribution in [1.29, 1.82) is 0 Å². The molecule has 0 aliphatic carbocycles. The van der Waals surface area contributed by atoms with E-state index in [1.54, 1.807) is 19.2 Å². The van der Waals surface area contributed by atoms with Crippen molar-refractivity contribution in [3.63, 3.8) is 0 Å². The van der Waals surface area contributed by atoms with Crippen molar-refractivity contribution >= 4 is 11.7 Å². The van der Waals surface area contributed by atoms with Crippen LogP contribution in [-0.4, -0.2) is 18.2 Å². The molecule has 0 aromatic heterocycles. The van der Waals surface area contributed by atoms with Crippen molar-refractivity contribution in [2.45, 2.75) is 45.6 Å². The Bertz CT molecular complexity index is 1090. The van der Waals surface area contributed by atoms with Gasteiger partial charge in [-0.1, -0.05) is 45.0 Å². The second-order valence-corrected chi connectivity index (χ2v) is 8.92. The molecule has 0 bridgehead atoms. The molecule has 0 spiro atoms. The monoisotopic (exact) mass is 435 g/mol. The van der Waals surface area contributed by atoms with Gasteiger partial charge in [0.05, 0.1) is 7.11 Å². The number of nitrogens with one attached hydrogen (secondary N) is 1. The smallest absolute Gasteiger partial charge is 0.303 e. The maximum Gasteiger partial charge on any atom is 0.303 e. The Hall–Kier alpha value is -3.34. The topological polar surface area (TPSA) is 58.6 Å². The number of benzene rings is 3. The summed E-state index contributed by atoms with van der Waals surface area (Å²) in [4.78, 5) is 10.7. The Kier molecular flexibility index (Phi) is 7.18. The summed E-state index contributed by atoms with van der Waals surface area (Å²) in [5, 5.41) is 12.2. The third-order valence-corrected chi connectivity index (χ3v) is 5.43. The summed E-state index contributed by atoms with van der Waals surface area (Å²) in [5.74, 6) is -0.458. The maximum absolute atomic E-state index is 14.8. The van der Waals surface area contributed by atoms with E-state index in [0.29, 0.717) is 24.3 Å². The summed E-state index contributed by atoms with van der Waals surface area (Å²) in [6.07, 6.45) is 0.635. The van der Waals surface area contributed by atoms with Gasteiger partial charge in [0.1, 0.15) is 11.6 Å². The molecule has 0 radical (unpaired) electrons. The number of hydrogen-bond donors (Lipinski definition) is 2. The molecule has 0 atom stereocenters. The number of methoxy groups -OCH3 is 1. The Morgan fingerprint density at radius 3 is 2.28 bits per heavy atom. The lowest BCUT2D eigenvalue weighted by Gasteiger charge is -2.24. The molecule has 5 heteroatoms. The van der Waals surface area contributed by atoms with E-state index < -0.39 is 5.97 Å². The van der Waals surface area contributed by atoms with E-state index in [9.17, 15) is 9.18 Å². The predicted molar refractivity (Wildman–Crippen MR) is 127 cm³/mol. The first kappa shape index (κ1) is 23.3. The van der Waals surface area contributed by atoms with Crippen molar-refractivity contribution in [1.82, 2.24) is 0 Å². The van der Waals surface area contributed by atoms with Gasteiger partial charge >= 0.3 is 5.97 Å². The minimum absolute atomic E-state index is 0.122. The van der Waals surface area contributed by atoms with Crippen molar-refractivity contribution in [3.05, 3.63) is 83.2 Å². The molecule has 0 saturated carbocycles. The molecule has 3 rings (SSSR count). The normalized spacial score (nSPS) is 11.3. The number of halogens is 1. The number of aryl methyl sites for hydroxylation is 1. The number of rotatable bonds is 8. The predicted octanol–water partition coefficient (Wildman–Crippen LogP) is 6.43. The lowest BCUT2D eigenvalue weighted by atomic mass is 9.81. The van der Waals surface area contributed by atoms with Gasteiger partial charge in [-0.2, -0.15) is 0 Å². The fourth-order valence-electron chi connectivity index (χ4n) is 3.66. The van der Waals surface area contributed by atoms with E-state index in [0.717, 1.165) is 27.9 Å². The molecule has 0 unspecified atom stereocenters. The van der Waals surface area contributed by atoms with Gasteiger partial charge in [-0.15, -0.1) is 0 Å². The Balaban J connectivity index is 1.84. The number of carboxylic acids is 1. The molecule has 2 N–H and O–H groups in total. The average Bonchev–Trinajstić information content (AvgIpc) is 2.76. The van der Waals surface area contributed by atoms with Gasteiger partial charge in [0, 0.05) is 24.2 Å². The van der Waals surface area contributed by atoms with Gasteiger partial charge in [-0.25, -0.2) is 4.39 Å². The molecule has 0 saturated heterocycles. The van der Waals surface area contributed by atoms with E-state index in [-0.39, 0.29) is 17.7 Å². The van der Waals surface area contributed by atoms with Crippen LogP contribution < -0.4 is 10.1 Å². The van der Waals surface area contributed by atoms with Gasteiger partial charge in [-0.3, -0.25) is 4.79 Å². The highest BCUT2D eigenvalue weighted by Crippen LogP contribution is 2.36. The van der Waals surface area contributed by atoms with E-state index in [1.165, 1.54) is 6.07 Å². The van der Waals surface area contributed by atoms with Crippen LogP contribution in [0.2, 0.25) is 0 Å². The minimum atomic E-state index is -0.797. The van der Waals surface area contributed by atoms with Gasteiger partial charge in [0.25, 0.3) is 0 Å². The molecular weight excluding hydrogens is 405 g/mol. The Morgan fingerprint density at radius 1 is 0.969 bits per heavy atom. The number of carbonyl (C=O) groups is 1. The number of anilines is 1. The first-order chi connectivity index (χ1) is 15.2. The van der Waals surface area contributed by atoms with Gasteiger partial charge in [-0.05, 0) is 70.5 Å². The Labute approximate surface area is 189 Å². The zero-order chi connectivity index (χ0) is 23.3. The number of ether oxygens (including phenoxy) is 1. The molecule has 0 fully saturated rings. The van der Waals surface area contributed by atoms with Crippen LogP contribution in [-0.2, 0) is 23.2 Å². The van der Waals surface area contributed by atoms with Crippen LogP contribution >= 0.6 is 0 Å². The third-order valence-electron chi connectivity index (χ3n) is 5.43. The van der Waals surface area contributed by atoms with E-state index >= 15 is 0 Å². The standard InChI is InChI=1S/C27H30FNO3/c1-27(2,3)24-12-7-19(15-22(24)23-16-21(32-4)11-13-25(23)28)17-29-20-9-5-18(6-10-20)8-14-26(30)31/h5-7,9-13,15-16,29H,8,14,17H2,1-4H3,(H,30,31). The molecule has 168 valence electrons. The summed E-state index contributed by atoms with van der Waals surface area (Å²) in [6.45, 7) is 6.94. The van der Waals surface area contributed by atoms with Crippen LogP contribution in [0.15, 0.2) is 60.7 Å². The molecule has 32 heavy (non-hydrogen) atoms. The molecule has 3 aromatic carbocycles. The first-order valence-corrected chi connectivity index (χ1v) is 10.7. The van der Waals surface area contributed by atoms with Gasteiger partial charge in [0.15, 0.2) is 0 Å². The van der Waals surface area contributed by atoms with E-state index in [2.05, 4.69) is 38.2 Å². The van der Waals surface area contributed by atoms with Crippen molar-refractivity contribution in [3.8, 4) is 16.9 Å². The molecule has 0 heterocycles. The first-order valence-electron chi connectivity index (χ1n) is 10.7. The second-order valence-electron chi connectivity index (χ2n) is 8.92. The quantitative estimate of drug-likeness (QED) is 0.428. The molecule has 3 aromatic rings. The van der Waals surface area contributed by atoms with Gasteiger partial charge < -0.3 is 15.2 Å². The summed E-state index contributed by atoms with van der Waals surface area (Å²) >= 11 is 0. The third kappa shape index (κ3) is 5.88. The largest absolute Gasteiger partial charge is 0.497 e. The lowest BCUT2D eigenvalue weighted by Crippen LogP contribution is -2.14. The summed E-state index contributed by atoms with van der Waals surface area (Å²) in [6, 6.07) is 18.7. The number of carboxylic acid groups (broad SMARTS) is 1. The highest BCUT2D eigenvalue weighted by Gasteiger charge is 2.21. The fraction of sp³-hybridized carbons (Fsp3) is 0.296. The fourth-order valence-corrected chi connectivity index (χ4v) is 3.66. The second kappa shape index (κ2) is 9.86. The highest BCUT2D eigenvalue weighted by atomic mass is 19.1. The summed E-state index contributed by atoms with van der Waals surface area (Å²) in [7, 11) is 1.58. The zero-order valence-corrected chi connectivity index (χ0v) is 19.0. The van der Waals surface area contributed by atoms with E-state index in [4.69, 9.17) is 9.84 Å². The molecule has 0 aliphatic heterocycles. The summed E-state index contributed by atoms with van der Waals surface area (Å²) < 4.78 is 20.1. The van der Waals surface area contributed by atoms with Crippen LogP contribution in [0.5, 0.6) is 5.75 Å². The van der Waals surface area contributed by atoms with Crippen molar-refractivity contribution in [2.24, 2.45) is 0 Å². The molecule has 4 nitrogen and oxygen atoms in total. The number of hydrogen-bond acceptors (Lipinski definition) is 3. The van der Waals surface area contributed by atoms with Gasteiger partial charge in [0.2, 0.25) is 0 Å². The van der Waals surface area contributed by atoms with Crippen molar-refractivity contribution in [2.75, 3.05) is 12.4 Å². The highest BCUT2D eigenvalue weighted by molar-refractivity contribution is 5.71. The van der Waals surface area contributed by atoms with Crippen LogP contribution in [0, 0.1) is 5.82 Å². The van der Waals surface area contributed by atoms with Crippen molar-refractivity contribution < 1.29 is 19.0 Å². The molecule has 0 aliphatic rings. The van der Waals surface area contributed by atoms with Crippen LogP contribution in [0.1, 0.15) is 43.9 Å². The zero-order valence-electron chi connectivity index (χ0n) is 19.0. The van der Waals surface area contributed by atoms with Crippen LogP contribution in [0.25, 0.3) is 11.1 Å². The molecular formula is C27H30FNO3. The number of aliphatic carboxylic acids is 1. The van der Waals surface area contributed by atoms with E-state index in [1.807, 2.05) is 30.3 Å². The van der Waals surface area contributed by atoms with Crippen LogP contribution in [0.4, 0.5) is 10.1 Å². The molecule has 0 amide bonds. The maximum atomic E-state index is 14.8. The SMILES string of the molecule is COc1ccc(F)c(-c2cc(CNc3ccc(CCC(=O)O)cc3)ccc2C(C)(C)C)c1. The minimum Gasteiger partial charge on any atom is -0.497 e. The average molecular weight is 436 g/mol. The summed E-state index contributed by atoms with van der Waals surface area (Å²) in [5.41, 5.74) is 5.27. The lowest BCUT2D eigenvalue weighted by molar-refractivity contribution is -0.136. The Morgan fingerprint density at radius 2 is 1.66 bits per heavy atom. The van der Waals surface area contributed by atoms with Crippen LogP contribution in [0.3, 0.4) is 0 Å².